The number of aromatic nitrogens is 3. The summed E-state index contributed by atoms with van der Waals surface area (Å²) >= 11 is 0. The van der Waals surface area contributed by atoms with Crippen molar-refractivity contribution in [3.05, 3.63) is 53.3 Å². The van der Waals surface area contributed by atoms with Crippen LogP contribution in [0, 0.1) is 24.1 Å². The van der Waals surface area contributed by atoms with Crippen LogP contribution in [0.1, 0.15) is 47.4 Å². The lowest BCUT2D eigenvalue weighted by molar-refractivity contribution is 0.0716. The van der Waals surface area contributed by atoms with Gasteiger partial charge in [0.25, 0.3) is 5.91 Å². The molecule has 4 aromatic rings. The number of aromatic amines is 1. The Morgan fingerprint density at radius 3 is 2.80 bits per heavy atom. The Morgan fingerprint density at radius 2 is 2.07 bits per heavy atom. The highest BCUT2D eigenvalue weighted by Crippen LogP contribution is 2.44. The number of ether oxygens (including phenoxy) is 3. The first-order valence-electron chi connectivity index (χ1n) is 14.2. The predicted octanol–water partition coefficient (Wildman–Crippen LogP) is 6.62. The van der Waals surface area contributed by atoms with Gasteiger partial charge in [-0.15, -0.1) is 0 Å². The molecule has 1 N–H and O–H groups in total. The summed E-state index contributed by atoms with van der Waals surface area (Å²) in [5.41, 5.74) is 4.11. The number of halogens is 1. The Kier molecular flexibility index (Phi) is 8.42. The van der Waals surface area contributed by atoms with E-state index < -0.39 is 5.82 Å². The molecule has 2 atom stereocenters. The SMILES string of the molecule is CC.CC[C@@]12COCC1CN(C(=O)c1ccc(-c3cc(-c4n[nH]c5cc(OCCOC)c(F)cc45)on3)cc1C)C2.[HH].[HH].[HH]. The first-order chi connectivity index (χ1) is 19.9. The predicted molar refractivity (Wildman–Crippen MR) is 160 cm³/mol. The van der Waals surface area contributed by atoms with Gasteiger partial charge < -0.3 is 23.6 Å². The van der Waals surface area contributed by atoms with Crippen LogP contribution in [0.4, 0.5) is 4.39 Å². The van der Waals surface area contributed by atoms with Gasteiger partial charge in [0, 0.05) is 64.5 Å². The number of fused-ring (bicyclic) bond motifs is 2. The van der Waals surface area contributed by atoms with E-state index >= 15 is 0 Å². The Labute approximate surface area is 243 Å². The van der Waals surface area contributed by atoms with Crippen molar-refractivity contribution < 1.29 is 32.2 Å². The molecule has 2 aliphatic rings. The smallest absolute Gasteiger partial charge is 0.254 e. The molecule has 0 bridgehead atoms. The number of rotatable bonds is 8. The van der Waals surface area contributed by atoms with Crippen LogP contribution in [-0.4, -0.2) is 72.8 Å². The van der Waals surface area contributed by atoms with Crippen LogP contribution in [0.5, 0.6) is 5.75 Å². The summed E-state index contributed by atoms with van der Waals surface area (Å²) < 4.78 is 36.4. The summed E-state index contributed by atoms with van der Waals surface area (Å²) in [4.78, 5) is 15.4. The van der Waals surface area contributed by atoms with E-state index in [-0.39, 0.29) is 28.0 Å². The first kappa shape index (κ1) is 28.8. The number of likely N-dealkylation sites (tertiary alicyclic amines) is 1. The van der Waals surface area contributed by atoms with Crippen LogP contribution in [0.25, 0.3) is 33.6 Å². The number of methoxy groups -OCH3 is 1. The monoisotopic (exact) mass is 570 g/mol. The Balaban J connectivity index is 0.00000132. The van der Waals surface area contributed by atoms with Crippen LogP contribution in [-0.2, 0) is 9.47 Å². The van der Waals surface area contributed by atoms with E-state index in [0.717, 1.165) is 43.9 Å². The third-order valence-electron chi connectivity index (χ3n) is 8.17. The number of amides is 1. The minimum absolute atomic E-state index is 0. The van der Waals surface area contributed by atoms with Gasteiger partial charge in [0.2, 0.25) is 0 Å². The molecule has 224 valence electrons. The first-order valence-corrected chi connectivity index (χ1v) is 14.2. The Hall–Kier alpha value is -3.76. The second-order valence-corrected chi connectivity index (χ2v) is 10.5. The summed E-state index contributed by atoms with van der Waals surface area (Å²) in [5, 5.41) is 12.0. The molecular formula is C31H43FN4O5. The lowest BCUT2D eigenvalue weighted by Crippen LogP contribution is -2.33. The summed E-state index contributed by atoms with van der Waals surface area (Å²) in [7, 11) is 1.56. The van der Waals surface area contributed by atoms with E-state index in [1.54, 1.807) is 19.2 Å². The van der Waals surface area contributed by atoms with Crippen LogP contribution in [0.3, 0.4) is 0 Å². The van der Waals surface area contributed by atoms with Crippen LogP contribution >= 0.6 is 0 Å². The van der Waals surface area contributed by atoms with Gasteiger partial charge in [-0.1, -0.05) is 32.0 Å². The van der Waals surface area contributed by atoms with Gasteiger partial charge >= 0.3 is 0 Å². The summed E-state index contributed by atoms with van der Waals surface area (Å²) in [5.74, 6) is 0.472. The topological polar surface area (TPSA) is 103 Å². The quantitative estimate of drug-likeness (QED) is 0.238. The summed E-state index contributed by atoms with van der Waals surface area (Å²) in [6, 6.07) is 10.4. The Bertz CT molecular complexity index is 1550. The molecule has 6 rings (SSSR count). The standard InChI is InChI=1S/C29H31FN4O5.C2H6.3H2/c1-4-29-15-34(13-19(29)14-37-16-29)28(35)20-6-5-18(9-17(20)2)23-11-26(39-33-23)27-21-10-22(30)25(38-8-7-36-3)12-24(21)31-32-27;1-2;;;/h5-6,9-12,19H,4,7-8,13-16H2,1-3H3,(H,31,32);1-2H3;3*1H/t19?,29-;;;;/m1..../s1. The number of benzene rings is 2. The number of nitrogens with zero attached hydrogens (tertiary/aromatic N) is 3. The van der Waals surface area contributed by atoms with Crippen molar-refractivity contribution in [2.24, 2.45) is 11.3 Å². The zero-order chi connectivity index (χ0) is 29.1. The highest BCUT2D eigenvalue weighted by molar-refractivity contribution is 5.97. The normalized spacial score (nSPS) is 19.8. The maximum atomic E-state index is 14.7. The largest absolute Gasteiger partial charge is 0.488 e. The van der Waals surface area contributed by atoms with Crippen molar-refractivity contribution in [2.45, 2.75) is 34.1 Å². The number of H-pyrrole nitrogens is 1. The zero-order valence-electron chi connectivity index (χ0n) is 24.3. The number of aryl methyl sites for hydroxylation is 1. The van der Waals surface area contributed by atoms with Gasteiger partial charge in [-0.05, 0) is 37.1 Å². The average molecular weight is 571 g/mol. The minimum Gasteiger partial charge on any atom is -0.488 e. The molecule has 9 nitrogen and oxygen atoms in total. The zero-order valence-corrected chi connectivity index (χ0v) is 24.3. The van der Waals surface area contributed by atoms with Crippen LogP contribution in [0.15, 0.2) is 40.9 Å². The van der Waals surface area contributed by atoms with E-state index in [2.05, 4.69) is 22.3 Å². The number of nitrogens with one attached hydrogen (secondary N) is 1. The Morgan fingerprint density at radius 1 is 1.24 bits per heavy atom. The molecule has 0 aliphatic carbocycles. The lowest BCUT2D eigenvalue weighted by atomic mass is 9.79. The highest BCUT2D eigenvalue weighted by Gasteiger charge is 2.50. The fraction of sp³-hybridized carbons (Fsp3) is 0.452. The lowest BCUT2D eigenvalue weighted by Gasteiger charge is -2.25. The van der Waals surface area contributed by atoms with Crippen molar-refractivity contribution in [1.82, 2.24) is 20.3 Å². The molecule has 2 fully saturated rings. The molecule has 1 unspecified atom stereocenters. The van der Waals surface area contributed by atoms with Gasteiger partial charge in [0.15, 0.2) is 17.3 Å². The third-order valence-corrected chi connectivity index (χ3v) is 8.17. The van der Waals surface area contributed by atoms with Crippen molar-refractivity contribution in [3.8, 4) is 28.5 Å². The fourth-order valence-electron chi connectivity index (χ4n) is 5.80. The van der Waals surface area contributed by atoms with E-state index in [1.165, 1.54) is 6.07 Å². The number of carbonyl (C=O) groups excluding carboxylic acids is 1. The summed E-state index contributed by atoms with van der Waals surface area (Å²) in [6.07, 6.45) is 1.01. The molecule has 41 heavy (non-hydrogen) atoms. The van der Waals surface area contributed by atoms with E-state index in [0.29, 0.717) is 46.1 Å². The molecule has 0 saturated carbocycles. The van der Waals surface area contributed by atoms with Crippen molar-refractivity contribution in [1.29, 1.82) is 0 Å². The van der Waals surface area contributed by atoms with Gasteiger partial charge in [-0.3, -0.25) is 9.89 Å². The van der Waals surface area contributed by atoms with E-state index in [1.807, 2.05) is 43.9 Å². The summed E-state index contributed by atoms with van der Waals surface area (Å²) in [6.45, 7) is 11.6. The van der Waals surface area contributed by atoms with Crippen LogP contribution < -0.4 is 4.74 Å². The molecule has 1 amide bonds. The number of carbonyl (C=O) groups is 1. The van der Waals surface area contributed by atoms with E-state index in [9.17, 15) is 9.18 Å². The molecular weight excluding hydrogens is 527 g/mol. The van der Waals surface area contributed by atoms with Gasteiger partial charge in [-0.2, -0.15) is 5.10 Å². The minimum atomic E-state index is -0.504. The second kappa shape index (κ2) is 12.0. The molecule has 0 radical (unpaired) electrons. The average Bonchev–Trinajstić information content (AvgIpc) is 3.77. The number of hydrogen-bond donors (Lipinski definition) is 1. The molecule has 0 spiro atoms. The van der Waals surface area contributed by atoms with Gasteiger partial charge in [-0.25, -0.2) is 4.39 Å². The van der Waals surface area contributed by atoms with Crippen molar-refractivity contribution >= 4 is 16.8 Å². The van der Waals surface area contributed by atoms with E-state index in [4.69, 9.17) is 18.7 Å². The van der Waals surface area contributed by atoms with Crippen molar-refractivity contribution in [2.75, 3.05) is 46.6 Å². The number of hydrogen-bond acceptors (Lipinski definition) is 7. The maximum absolute atomic E-state index is 14.7. The fourth-order valence-corrected chi connectivity index (χ4v) is 5.80. The second-order valence-electron chi connectivity index (χ2n) is 10.5. The molecule has 2 aliphatic heterocycles. The maximum Gasteiger partial charge on any atom is 0.254 e. The molecule has 10 heteroatoms. The molecule has 2 aromatic carbocycles. The molecule has 2 aromatic heterocycles. The van der Waals surface area contributed by atoms with Gasteiger partial charge in [0.1, 0.15) is 18.0 Å². The molecule has 4 heterocycles. The van der Waals surface area contributed by atoms with Crippen LogP contribution in [0.2, 0.25) is 0 Å². The van der Waals surface area contributed by atoms with Crippen molar-refractivity contribution in [3.63, 3.8) is 0 Å². The molecule has 2 saturated heterocycles. The third kappa shape index (κ3) is 5.34. The van der Waals surface area contributed by atoms with Gasteiger partial charge in [0.05, 0.1) is 25.3 Å². The highest BCUT2D eigenvalue weighted by atomic mass is 19.1.